The van der Waals surface area contributed by atoms with Gasteiger partial charge in [0.15, 0.2) is 6.61 Å². The van der Waals surface area contributed by atoms with Gasteiger partial charge in [-0.3, -0.25) is 4.79 Å². The molecule has 0 saturated carbocycles. The number of carbonyl (C=O) groups excluding carboxylic acids is 1. The lowest BCUT2D eigenvalue weighted by Crippen LogP contribution is -2.25. The minimum absolute atomic E-state index is 0.0817. The van der Waals surface area contributed by atoms with Crippen molar-refractivity contribution < 1.29 is 9.53 Å². The maximum Gasteiger partial charge on any atom is 0.262 e. The second-order valence-electron chi connectivity index (χ2n) is 4.41. The quantitative estimate of drug-likeness (QED) is 0.872. The first-order chi connectivity index (χ1) is 9.70. The number of benzene rings is 2. The van der Waals surface area contributed by atoms with E-state index in [0.29, 0.717) is 0 Å². The van der Waals surface area contributed by atoms with E-state index >= 15 is 0 Å². The molecule has 1 N–H and O–H groups in total. The summed E-state index contributed by atoms with van der Waals surface area (Å²) in [5.74, 6) is 1.48. The molecular weight excluding hydrogens is 294 g/mol. The van der Waals surface area contributed by atoms with E-state index in [2.05, 4.69) is 5.32 Å². The van der Waals surface area contributed by atoms with Crippen molar-refractivity contribution in [1.29, 1.82) is 0 Å². The molecule has 0 bridgehead atoms. The summed E-state index contributed by atoms with van der Waals surface area (Å²) in [6.07, 6.45) is 0. The fourth-order valence-corrected chi connectivity index (χ4v) is 2.90. The minimum atomic E-state index is -0.112. The zero-order chi connectivity index (χ0) is 13.9. The van der Waals surface area contributed by atoms with Gasteiger partial charge in [0.1, 0.15) is 5.75 Å². The van der Waals surface area contributed by atoms with Gasteiger partial charge in [0.05, 0.1) is 5.69 Å². The van der Waals surface area contributed by atoms with E-state index in [-0.39, 0.29) is 12.5 Å². The Hall–Kier alpha value is -1.65. The fraction of sp³-hybridized carbons (Fsp3) is 0.133. The number of anilines is 1. The summed E-state index contributed by atoms with van der Waals surface area (Å²) >= 11 is 7.58. The number of hydrogen-bond donors (Lipinski definition) is 1. The average molecular weight is 306 g/mol. The van der Waals surface area contributed by atoms with Crippen LogP contribution in [0.2, 0.25) is 5.02 Å². The fourth-order valence-electron chi connectivity index (χ4n) is 1.89. The van der Waals surface area contributed by atoms with Crippen molar-refractivity contribution in [2.24, 2.45) is 0 Å². The van der Waals surface area contributed by atoms with Crippen molar-refractivity contribution in [2.45, 2.75) is 10.6 Å². The summed E-state index contributed by atoms with van der Waals surface area (Å²) in [5, 5.41) is 3.53. The Labute approximate surface area is 126 Å². The van der Waals surface area contributed by atoms with Gasteiger partial charge in [0, 0.05) is 15.7 Å². The predicted octanol–water partition coefficient (Wildman–Crippen LogP) is 3.96. The lowest BCUT2D eigenvalue weighted by Gasteiger charge is -2.18. The number of rotatable bonds is 3. The third-order valence-electron chi connectivity index (χ3n) is 2.90. The molecule has 0 aromatic heterocycles. The molecule has 1 aliphatic rings. The van der Waals surface area contributed by atoms with Gasteiger partial charge >= 0.3 is 0 Å². The first-order valence-corrected chi connectivity index (χ1v) is 7.51. The molecule has 20 heavy (non-hydrogen) atoms. The van der Waals surface area contributed by atoms with Crippen LogP contribution in [-0.2, 0) is 10.5 Å². The van der Waals surface area contributed by atoms with Gasteiger partial charge in [0.25, 0.3) is 5.91 Å². The molecule has 0 spiro atoms. The normalized spacial score (nSPS) is 13.3. The molecule has 0 aliphatic carbocycles. The summed E-state index contributed by atoms with van der Waals surface area (Å²) in [7, 11) is 0. The van der Waals surface area contributed by atoms with E-state index in [1.165, 1.54) is 5.56 Å². The van der Waals surface area contributed by atoms with Crippen molar-refractivity contribution in [2.75, 3.05) is 11.9 Å². The number of amides is 1. The van der Waals surface area contributed by atoms with Crippen molar-refractivity contribution in [3.05, 3.63) is 53.1 Å². The van der Waals surface area contributed by atoms with Crippen LogP contribution in [0.5, 0.6) is 5.75 Å². The molecule has 0 fully saturated rings. The number of thioether (sulfide) groups is 1. The van der Waals surface area contributed by atoms with Crippen LogP contribution in [0, 0.1) is 0 Å². The van der Waals surface area contributed by atoms with Crippen LogP contribution < -0.4 is 10.1 Å². The molecule has 5 heteroatoms. The highest BCUT2D eigenvalue weighted by atomic mass is 35.5. The summed E-state index contributed by atoms with van der Waals surface area (Å²) in [6.45, 7) is 0.0817. The van der Waals surface area contributed by atoms with Gasteiger partial charge in [-0.2, -0.15) is 0 Å². The van der Waals surface area contributed by atoms with Crippen molar-refractivity contribution in [1.82, 2.24) is 0 Å². The number of nitrogens with one attached hydrogen (secondary N) is 1. The Morgan fingerprint density at radius 1 is 1.20 bits per heavy atom. The zero-order valence-corrected chi connectivity index (χ0v) is 12.1. The molecule has 0 saturated heterocycles. The molecule has 1 aliphatic heterocycles. The molecule has 3 nitrogen and oxygen atoms in total. The molecule has 102 valence electrons. The summed E-state index contributed by atoms with van der Waals surface area (Å²) in [4.78, 5) is 12.3. The average Bonchev–Trinajstić information content (AvgIpc) is 2.46. The lowest BCUT2D eigenvalue weighted by atomic mass is 10.2. The zero-order valence-electron chi connectivity index (χ0n) is 10.6. The van der Waals surface area contributed by atoms with E-state index < -0.39 is 0 Å². The van der Waals surface area contributed by atoms with Gasteiger partial charge in [-0.25, -0.2) is 0 Å². The first kappa shape index (κ1) is 13.3. The summed E-state index contributed by atoms with van der Waals surface area (Å²) in [6, 6.07) is 13.6. The smallest absolute Gasteiger partial charge is 0.262 e. The Morgan fingerprint density at radius 3 is 2.80 bits per heavy atom. The third kappa shape index (κ3) is 3.08. The largest absolute Gasteiger partial charge is 0.482 e. The van der Waals surface area contributed by atoms with E-state index in [1.54, 1.807) is 11.8 Å². The van der Waals surface area contributed by atoms with Crippen LogP contribution >= 0.6 is 23.4 Å². The monoisotopic (exact) mass is 305 g/mol. The van der Waals surface area contributed by atoms with Crippen molar-refractivity contribution in [3.63, 3.8) is 0 Å². The number of hydrogen-bond acceptors (Lipinski definition) is 3. The Kier molecular flexibility index (Phi) is 3.85. The van der Waals surface area contributed by atoms with Crippen LogP contribution in [0.15, 0.2) is 47.4 Å². The molecule has 0 radical (unpaired) electrons. The summed E-state index contributed by atoms with van der Waals surface area (Å²) < 4.78 is 5.40. The molecule has 2 aromatic carbocycles. The number of ether oxygens (including phenoxy) is 1. The Bertz CT molecular complexity index is 643. The van der Waals surface area contributed by atoms with E-state index in [1.807, 2.05) is 42.5 Å². The maximum absolute atomic E-state index is 11.2. The van der Waals surface area contributed by atoms with Crippen LogP contribution in [-0.4, -0.2) is 12.5 Å². The number of halogens is 1. The Balaban J connectivity index is 1.69. The van der Waals surface area contributed by atoms with E-state index in [9.17, 15) is 4.79 Å². The van der Waals surface area contributed by atoms with Crippen LogP contribution in [0.4, 0.5) is 5.69 Å². The highest BCUT2D eigenvalue weighted by molar-refractivity contribution is 7.98. The molecule has 2 aromatic rings. The van der Waals surface area contributed by atoms with Gasteiger partial charge in [0.2, 0.25) is 0 Å². The molecular formula is C15H12ClNO2S. The SMILES string of the molecule is O=C1COc2cc(SCc3ccc(Cl)cc3)ccc2N1. The third-order valence-corrected chi connectivity index (χ3v) is 4.22. The van der Waals surface area contributed by atoms with Crippen LogP contribution in [0.25, 0.3) is 0 Å². The van der Waals surface area contributed by atoms with Crippen LogP contribution in [0.1, 0.15) is 5.56 Å². The van der Waals surface area contributed by atoms with Gasteiger partial charge < -0.3 is 10.1 Å². The lowest BCUT2D eigenvalue weighted by molar-refractivity contribution is -0.118. The second-order valence-corrected chi connectivity index (χ2v) is 5.90. The maximum atomic E-state index is 11.2. The molecule has 3 rings (SSSR count). The van der Waals surface area contributed by atoms with Crippen LogP contribution in [0.3, 0.4) is 0 Å². The number of fused-ring (bicyclic) bond motifs is 1. The van der Waals surface area contributed by atoms with Crippen molar-refractivity contribution in [3.8, 4) is 5.75 Å². The second kappa shape index (κ2) is 5.77. The summed E-state index contributed by atoms with van der Waals surface area (Å²) in [5.41, 5.74) is 1.95. The van der Waals surface area contributed by atoms with Gasteiger partial charge in [-0.1, -0.05) is 23.7 Å². The standard InChI is InChI=1S/C15H12ClNO2S/c16-11-3-1-10(2-4-11)9-20-12-5-6-13-14(7-12)19-8-15(18)17-13/h1-7H,8-9H2,(H,17,18). The predicted molar refractivity (Wildman–Crippen MR) is 81.6 cm³/mol. The number of carbonyl (C=O) groups is 1. The first-order valence-electron chi connectivity index (χ1n) is 6.15. The highest BCUT2D eigenvalue weighted by Crippen LogP contribution is 2.33. The van der Waals surface area contributed by atoms with E-state index in [4.69, 9.17) is 16.3 Å². The molecule has 0 unspecified atom stereocenters. The van der Waals surface area contributed by atoms with E-state index in [0.717, 1.165) is 27.1 Å². The van der Waals surface area contributed by atoms with Gasteiger partial charge in [-0.05, 0) is 35.9 Å². The molecule has 1 amide bonds. The highest BCUT2D eigenvalue weighted by Gasteiger charge is 2.15. The Morgan fingerprint density at radius 2 is 2.00 bits per heavy atom. The van der Waals surface area contributed by atoms with Crippen molar-refractivity contribution >= 4 is 35.0 Å². The minimum Gasteiger partial charge on any atom is -0.482 e. The topological polar surface area (TPSA) is 38.3 Å². The molecule has 0 atom stereocenters. The molecule has 1 heterocycles. The van der Waals surface area contributed by atoms with Gasteiger partial charge in [-0.15, -0.1) is 11.8 Å².